The van der Waals surface area contributed by atoms with Crippen LogP contribution in [0.2, 0.25) is 0 Å². The normalized spacial score (nSPS) is 10.6. The number of nitrogens with one attached hydrogen (secondary N) is 1. The zero-order chi connectivity index (χ0) is 17.8. The lowest BCUT2D eigenvalue weighted by atomic mass is 10.3. The first kappa shape index (κ1) is 15.8. The number of anilines is 1. The Bertz CT molecular complexity index is 1030. The highest BCUT2D eigenvalue weighted by Gasteiger charge is 2.10. The molecular weight excluding hydrogens is 330 g/mol. The fraction of sp³-hybridized carbons (Fsp3) is 0.0500. The molecule has 6 nitrogen and oxygen atoms in total. The van der Waals surface area contributed by atoms with Crippen LogP contribution in [0, 0.1) is 0 Å². The number of ether oxygens (including phenoxy) is 1. The summed E-state index contributed by atoms with van der Waals surface area (Å²) in [6, 6.07) is 18.2. The van der Waals surface area contributed by atoms with Crippen molar-refractivity contribution in [1.82, 2.24) is 9.97 Å². The molecule has 0 spiro atoms. The molecule has 0 aliphatic carbocycles. The summed E-state index contributed by atoms with van der Waals surface area (Å²) in [5.74, 6) is 0.913. The fourth-order valence-corrected chi connectivity index (χ4v) is 2.48. The number of aromatic nitrogens is 2. The third-order valence-corrected chi connectivity index (χ3v) is 3.71. The lowest BCUT2D eigenvalue weighted by Crippen LogP contribution is -2.20. The molecule has 4 rings (SSSR count). The van der Waals surface area contributed by atoms with E-state index in [1.807, 2.05) is 30.3 Å². The predicted octanol–water partition coefficient (Wildman–Crippen LogP) is 3.91. The highest BCUT2D eigenvalue weighted by atomic mass is 16.5. The van der Waals surface area contributed by atoms with Gasteiger partial charge in [0.1, 0.15) is 11.3 Å². The Balaban J connectivity index is 1.46. The summed E-state index contributed by atoms with van der Waals surface area (Å²) in [4.78, 5) is 20.5. The molecule has 0 fully saturated rings. The van der Waals surface area contributed by atoms with E-state index in [1.54, 1.807) is 42.7 Å². The summed E-state index contributed by atoms with van der Waals surface area (Å²) >= 11 is 0. The minimum absolute atomic E-state index is 0.0687. The molecule has 6 heteroatoms. The van der Waals surface area contributed by atoms with Crippen LogP contribution in [0.15, 0.2) is 77.5 Å². The number of carbonyl (C=O) groups excluding carboxylic acids is 1. The average Bonchev–Trinajstić information content (AvgIpc) is 3.11. The van der Waals surface area contributed by atoms with E-state index in [-0.39, 0.29) is 12.5 Å². The van der Waals surface area contributed by atoms with Crippen LogP contribution < -0.4 is 10.1 Å². The fourth-order valence-electron chi connectivity index (χ4n) is 2.48. The van der Waals surface area contributed by atoms with Gasteiger partial charge in [0.05, 0.1) is 0 Å². The molecular formula is C20H15N3O3. The van der Waals surface area contributed by atoms with Gasteiger partial charge in [-0.1, -0.05) is 18.2 Å². The van der Waals surface area contributed by atoms with Crippen molar-refractivity contribution in [2.45, 2.75) is 0 Å². The van der Waals surface area contributed by atoms with E-state index < -0.39 is 0 Å². The molecule has 1 N–H and O–H groups in total. The van der Waals surface area contributed by atoms with Crippen LogP contribution in [-0.4, -0.2) is 22.5 Å². The van der Waals surface area contributed by atoms with Gasteiger partial charge in [-0.2, -0.15) is 0 Å². The van der Waals surface area contributed by atoms with Crippen LogP contribution in [0.5, 0.6) is 5.75 Å². The monoisotopic (exact) mass is 345 g/mol. The molecule has 2 aromatic carbocycles. The zero-order valence-corrected chi connectivity index (χ0v) is 13.8. The quantitative estimate of drug-likeness (QED) is 0.593. The Hall–Kier alpha value is -3.67. The summed E-state index contributed by atoms with van der Waals surface area (Å²) in [5, 5.41) is 2.79. The van der Waals surface area contributed by atoms with Gasteiger partial charge in [0.15, 0.2) is 12.2 Å². The standard InChI is InChI=1S/C20H15N3O3/c24-19(13-25-16-4-2-1-3-5-16)22-15-6-7-17-18(12-15)26-20(23-17)14-8-10-21-11-9-14/h1-12H,13H2,(H,22,24). The number of hydrogen-bond donors (Lipinski definition) is 1. The first-order valence-electron chi connectivity index (χ1n) is 8.07. The smallest absolute Gasteiger partial charge is 0.262 e. The van der Waals surface area contributed by atoms with Crippen LogP contribution in [0.4, 0.5) is 5.69 Å². The second kappa shape index (κ2) is 7.06. The molecule has 0 bridgehead atoms. The highest BCUT2D eigenvalue weighted by Crippen LogP contribution is 2.25. The number of para-hydroxylation sites is 1. The van der Waals surface area contributed by atoms with Crippen LogP contribution in [0.1, 0.15) is 0 Å². The Morgan fingerprint density at radius 3 is 2.65 bits per heavy atom. The van der Waals surface area contributed by atoms with E-state index in [0.717, 1.165) is 11.1 Å². The van der Waals surface area contributed by atoms with E-state index in [2.05, 4.69) is 15.3 Å². The van der Waals surface area contributed by atoms with Crippen molar-refractivity contribution in [2.75, 3.05) is 11.9 Å². The van der Waals surface area contributed by atoms with Crippen molar-refractivity contribution >= 4 is 22.7 Å². The number of rotatable bonds is 5. The second-order valence-corrected chi connectivity index (χ2v) is 5.59. The van der Waals surface area contributed by atoms with Crippen LogP contribution in [-0.2, 0) is 4.79 Å². The molecule has 0 saturated carbocycles. The minimum atomic E-state index is -0.248. The van der Waals surface area contributed by atoms with E-state index in [1.165, 1.54) is 0 Å². The van der Waals surface area contributed by atoms with Crippen molar-refractivity contribution in [3.05, 3.63) is 73.1 Å². The molecule has 0 atom stereocenters. The summed E-state index contributed by atoms with van der Waals surface area (Å²) < 4.78 is 11.2. The Kier molecular flexibility index (Phi) is 4.30. The second-order valence-electron chi connectivity index (χ2n) is 5.59. The first-order chi connectivity index (χ1) is 12.8. The van der Waals surface area contributed by atoms with Crippen LogP contribution >= 0.6 is 0 Å². The lowest BCUT2D eigenvalue weighted by molar-refractivity contribution is -0.118. The van der Waals surface area contributed by atoms with Gasteiger partial charge >= 0.3 is 0 Å². The topological polar surface area (TPSA) is 77.2 Å². The molecule has 4 aromatic rings. The van der Waals surface area contributed by atoms with E-state index in [0.29, 0.717) is 22.9 Å². The summed E-state index contributed by atoms with van der Waals surface area (Å²) in [5.41, 5.74) is 2.78. The van der Waals surface area contributed by atoms with Gasteiger partial charge in [-0.3, -0.25) is 9.78 Å². The van der Waals surface area contributed by atoms with Gasteiger partial charge in [0, 0.05) is 29.7 Å². The van der Waals surface area contributed by atoms with Crippen molar-refractivity contribution in [1.29, 1.82) is 0 Å². The molecule has 0 unspecified atom stereocenters. The molecule has 0 radical (unpaired) electrons. The maximum Gasteiger partial charge on any atom is 0.262 e. The largest absolute Gasteiger partial charge is 0.484 e. The number of oxazole rings is 1. The molecule has 2 heterocycles. The SMILES string of the molecule is O=C(COc1ccccc1)Nc1ccc2nc(-c3ccncc3)oc2c1. The maximum absolute atomic E-state index is 12.1. The third-order valence-electron chi connectivity index (χ3n) is 3.71. The molecule has 1 amide bonds. The van der Waals surface area contributed by atoms with Crippen LogP contribution in [0.25, 0.3) is 22.6 Å². The molecule has 2 aromatic heterocycles. The minimum Gasteiger partial charge on any atom is -0.484 e. The number of benzene rings is 2. The first-order valence-corrected chi connectivity index (χ1v) is 8.07. The third kappa shape index (κ3) is 3.54. The van der Waals surface area contributed by atoms with Crippen molar-refractivity contribution < 1.29 is 13.9 Å². The summed E-state index contributed by atoms with van der Waals surface area (Å²) in [6.45, 7) is -0.0687. The Morgan fingerprint density at radius 2 is 1.85 bits per heavy atom. The molecule has 0 aliphatic rings. The summed E-state index contributed by atoms with van der Waals surface area (Å²) in [6.07, 6.45) is 3.37. The number of fused-ring (bicyclic) bond motifs is 1. The van der Waals surface area contributed by atoms with Crippen molar-refractivity contribution in [2.24, 2.45) is 0 Å². The number of carbonyl (C=O) groups is 1. The Morgan fingerprint density at radius 1 is 1.04 bits per heavy atom. The van der Waals surface area contributed by atoms with Gasteiger partial charge in [0.2, 0.25) is 5.89 Å². The molecule has 128 valence electrons. The van der Waals surface area contributed by atoms with Gasteiger partial charge in [-0.05, 0) is 36.4 Å². The predicted molar refractivity (Wildman–Crippen MR) is 97.8 cm³/mol. The zero-order valence-electron chi connectivity index (χ0n) is 13.8. The maximum atomic E-state index is 12.1. The molecule has 0 aliphatic heterocycles. The van der Waals surface area contributed by atoms with Gasteiger partial charge < -0.3 is 14.5 Å². The average molecular weight is 345 g/mol. The van der Waals surface area contributed by atoms with Gasteiger partial charge in [-0.25, -0.2) is 4.98 Å². The van der Waals surface area contributed by atoms with Crippen LogP contribution in [0.3, 0.4) is 0 Å². The Labute approximate surface area is 149 Å². The number of pyridine rings is 1. The van der Waals surface area contributed by atoms with E-state index in [9.17, 15) is 4.79 Å². The van der Waals surface area contributed by atoms with Crippen molar-refractivity contribution in [3.63, 3.8) is 0 Å². The van der Waals surface area contributed by atoms with E-state index >= 15 is 0 Å². The number of hydrogen-bond acceptors (Lipinski definition) is 5. The van der Waals surface area contributed by atoms with Gasteiger partial charge in [-0.15, -0.1) is 0 Å². The molecule has 0 saturated heterocycles. The van der Waals surface area contributed by atoms with Crippen molar-refractivity contribution in [3.8, 4) is 17.2 Å². The van der Waals surface area contributed by atoms with Gasteiger partial charge in [0.25, 0.3) is 5.91 Å². The number of amides is 1. The number of nitrogens with zero attached hydrogens (tertiary/aromatic N) is 2. The lowest BCUT2D eigenvalue weighted by Gasteiger charge is -2.07. The summed E-state index contributed by atoms with van der Waals surface area (Å²) in [7, 11) is 0. The molecule has 26 heavy (non-hydrogen) atoms. The highest BCUT2D eigenvalue weighted by molar-refractivity contribution is 5.93. The van der Waals surface area contributed by atoms with E-state index in [4.69, 9.17) is 9.15 Å².